The number of aromatic nitrogens is 2. The number of rotatable bonds is 6. The molecule has 2 aliphatic rings. The van der Waals surface area contributed by atoms with Crippen LogP contribution in [0.4, 0.5) is 0 Å². The molecule has 1 saturated heterocycles. The van der Waals surface area contributed by atoms with Gasteiger partial charge in [-0.3, -0.25) is 14.5 Å². The summed E-state index contributed by atoms with van der Waals surface area (Å²) in [4.78, 5) is 33.6. The molecule has 6 rings (SSSR count). The largest absolute Gasteiger partial charge is 0.492 e. The molecule has 1 amide bonds. The molecule has 2 aromatic carbocycles. The topological polar surface area (TPSA) is 67.7 Å². The lowest BCUT2D eigenvalue weighted by molar-refractivity contribution is -0.133. The number of ether oxygens (including phenoxy) is 1. The van der Waals surface area contributed by atoms with Crippen LogP contribution < -0.4 is 10.3 Å². The monoisotopic (exact) mass is 548 g/mol. The third-order valence-corrected chi connectivity index (χ3v) is 8.44. The predicted octanol–water partition coefficient (Wildman–Crippen LogP) is 5.16. The lowest BCUT2D eigenvalue weighted by atomic mass is 9.98. The van der Waals surface area contributed by atoms with Gasteiger partial charge in [-0.2, -0.15) is 0 Å². The van der Waals surface area contributed by atoms with E-state index in [9.17, 15) is 9.59 Å². The normalized spacial score (nSPS) is 18.6. The zero-order valence-corrected chi connectivity index (χ0v) is 24.1. The first-order valence-corrected chi connectivity index (χ1v) is 14.3. The maximum Gasteiger partial charge on any atom is 0.254 e. The van der Waals surface area contributed by atoms with E-state index in [4.69, 9.17) is 9.72 Å². The van der Waals surface area contributed by atoms with Crippen molar-refractivity contribution in [1.29, 1.82) is 0 Å². The lowest BCUT2D eigenvalue weighted by Gasteiger charge is -2.44. The van der Waals surface area contributed by atoms with Crippen LogP contribution in [0, 0.1) is 0 Å². The van der Waals surface area contributed by atoms with Gasteiger partial charge in [-0.1, -0.05) is 24.3 Å². The molecule has 7 heteroatoms. The van der Waals surface area contributed by atoms with Crippen LogP contribution in [0.5, 0.6) is 5.75 Å². The highest BCUT2D eigenvalue weighted by Gasteiger charge is 2.30. The number of hydrogen-bond donors (Lipinski definition) is 0. The molecule has 4 aromatic rings. The smallest absolute Gasteiger partial charge is 0.254 e. The summed E-state index contributed by atoms with van der Waals surface area (Å²) < 4.78 is 7.75. The zero-order chi connectivity index (χ0) is 28.7. The molecule has 0 radical (unpaired) electrons. The molecule has 1 aliphatic heterocycles. The van der Waals surface area contributed by atoms with E-state index in [2.05, 4.69) is 73.4 Å². The van der Waals surface area contributed by atoms with Gasteiger partial charge in [0.05, 0.1) is 11.2 Å². The Kier molecular flexibility index (Phi) is 7.22. The van der Waals surface area contributed by atoms with Gasteiger partial charge in [-0.25, -0.2) is 4.98 Å². The number of fused-ring (bicyclic) bond motifs is 2. The Morgan fingerprint density at radius 3 is 2.46 bits per heavy atom. The molecular formula is C34H36N4O3. The summed E-state index contributed by atoms with van der Waals surface area (Å²) in [7, 11) is 1.81. The molecule has 0 bridgehead atoms. The second-order valence-corrected chi connectivity index (χ2v) is 11.3. The van der Waals surface area contributed by atoms with Gasteiger partial charge in [-0.15, -0.1) is 0 Å². The number of aryl methyl sites for hydroxylation is 1. The van der Waals surface area contributed by atoms with Crippen molar-refractivity contribution in [2.45, 2.75) is 39.3 Å². The highest BCUT2D eigenvalue weighted by molar-refractivity contribution is 5.88. The van der Waals surface area contributed by atoms with E-state index in [0.29, 0.717) is 25.1 Å². The van der Waals surface area contributed by atoms with Gasteiger partial charge >= 0.3 is 0 Å². The highest BCUT2D eigenvalue weighted by Crippen LogP contribution is 2.32. The van der Waals surface area contributed by atoms with Gasteiger partial charge in [0.1, 0.15) is 12.4 Å². The maximum absolute atomic E-state index is 12.5. The maximum atomic E-state index is 12.5. The Hall–Kier alpha value is -4.23. The summed E-state index contributed by atoms with van der Waals surface area (Å²) >= 11 is 0. The van der Waals surface area contributed by atoms with Crippen molar-refractivity contribution in [1.82, 2.24) is 19.4 Å². The average Bonchev–Trinajstić information content (AvgIpc) is 3.46. The molecule has 0 N–H and O–H groups in total. The summed E-state index contributed by atoms with van der Waals surface area (Å²) in [6.45, 7) is 8.94. The lowest BCUT2D eigenvalue weighted by Crippen LogP contribution is -2.58. The SMILES string of the molecule is CC(=O)N1C[C@@H](C)N(CCOc2ccc(-c3ccc4cc(-c5cn(C)c(=O)c6c5C=CC6)ccc4n3)cc2)[C@@H](C)C1. The summed E-state index contributed by atoms with van der Waals surface area (Å²) in [5, 5.41) is 1.06. The van der Waals surface area contributed by atoms with Crippen LogP contribution in [-0.4, -0.2) is 63.6 Å². The Bertz CT molecular complexity index is 1690. The number of amides is 1. The number of nitrogens with zero attached hydrogens (tertiary/aromatic N) is 4. The van der Waals surface area contributed by atoms with Crippen LogP contribution in [-0.2, 0) is 18.3 Å². The van der Waals surface area contributed by atoms with E-state index in [1.165, 1.54) is 0 Å². The molecule has 0 spiro atoms. The second kappa shape index (κ2) is 11.0. The number of carbonyl (C=O) groups is 1. The summed E-state index contributed by atoms with van der Waals surface area (Å²) in [6.07, 6.45) is 6.73. The van der Waals surface area contributed by atoms with Gasteiger partial charge in [0.25, 0.3) is 5.56 Å². The molecular weight excluding hydrogens is 512 g/mol. The van der Waals surface area contributed by atoms with Crippen LogP contribution in [0.15, 0.2) is 71.7 Å². The van der Waals surface area contributed by atoms with Gasteiger partial charge in [0.15, 0.2) is 0 Å². The Morgan fingerprint density at radius 2 is 1.73 bits per heavy atom. The first-order valence-electron chi connectivity index (χ1n) is 14.3. The minimum Gasteiger partial charge on any atom is -0.492 e. The van der Waals surface area contributed by atoms with Crippen LogP contribution in [0.1, 0.15) is 31.9 Å². The molecule has 2 aromatic heterocycles. The molecule has 7 nitrogen and oxygen atoms in total. The number of benzene rings is 2. The fraction of sp³-hybridized carbons (Fsp3) is 0.324. The van der Waals surface area contributed by atoms with Crippen molar-refractivity contribution in [2.75, 3.05) is 26.2 Å². The van der Waals surface area contributed by atoms with Gasteiger partial charge in [-0.05, 0) is 73.9 Å². The van der Waals surface area contributed by atoms with E-state index in [1.54, 1.807) is 11.5 Å². The fourth-order valence-corrected chi connectivity index (χ4v) is 6.22. The van der Waals surface area contributed by atoms with Crippen molar-refractivity contribution >= 4 is 22.9 Å². The van der Waals surface area contributed by atoms with E-state index in [-0.39, 0.29) is 11.5 Å². The molecule has 41 heavy (non-hydrogen) atoms. The van der Waals surface area contributed by atoms with E-state index in [1.807, 2.05) is 30.3 Å². The number of allylic oxidation sites excluding steroid dienone is 1. The minimum atomic E-state index is 0.0747. The van der Waals surface area contributed by atoms with E-state index >= 15 is 0 Å². The minimum absolute atomic E-state index is 0.0747. The molecule has 0 saturated carbocycles. The molecule has 210 valence electrons. The third-order valence-electron chi connectivity index (χ3n) is 8.44. The van der Waals surface area contributed by atoms with Crippen LogP contribution >= 0.6 is 0 Å². The van der Waals surface area contributed by atoms with Gasteiger partial charge < -0.3 is 14.2 Å². The first-order chi connectivity index (χ1) is 19.8. The van der Waals surface area contributed by atoms with Crippen LogP contribution in [0.2, 0.25) is 0 Å². The number of piperazine rings is 1. The fourth-order valence-electron chi connectivity index (χ4n) is 6.22. The van der Waals surface area contributed by atoms with E-state index < -0.39 is 0 Å². The second-order valence-electron chi connectivity index (χ2n) is 11.3. The first kappa shape index (κ1) is 27.0. The number of pyridine rings is 2. The van der Waals surface area contributed by atoms with Crippen LogP contribution in [0.3, 0.4) is 0 Å². The third kappa shape index (κ3) is 5.30. The summed E-state index contributed by atoms with van der Waals surface area (Å²) in [6, 6.07) is 19.2. The van der Waals surface area contributed by atoms with Crippen molar-refractivity contribution < 1.29 is 9.53 Å². The molecule has 2 atom stereocenters. The molecule has 0 unspecified atom stereocenters. The van der Waals surface area contributed by atoms with E-state index in [0.717, 1.165) is 69.8 Å². The van der Waals surface area contributed by atoms with Crippen molar-refractivity contribution in [3.63, 3.8) is 0 Å². The Balaban J connectivity index is 1.13. The van der Waals surface area contributed by atoms with Gasteiger partial charge in [0.2, 0.25) is 5.91 Å². The highest BCUT2D eigenvalue weighted by atomic mass is 16.5. The predicted molar refractivity (Wildman–Crippen MR) is 164 cm³/mol. The zero-order valence-electron chi connectivity index (χ0n) is 24.1. The number of carbonyl (C=O) groups excluding carboxylic acids is 1. The van der Waals surface area contributed by atoms with Crippen molar-refractivity contribution in [3.8, 4) is 28.1 Å². The molecule has 1 fully saturated rings. The number of hydrogen-bond acceptors (Lipinski definition) is 5. The average molecular weight is 549 g/mol. The van der Waals surface area contributed by atoms with Gasteiger partial charge in [0, 0.05) is 74.0 Å². The van der Waals surface area contributed by atoms with Crippen molar-refractivity contribution in [2.24, 2.45) is 7.05 Å². The molecule has 1 aliphatic carbocycles. The summed E-state index contributed by atoms with van der Waals surface area (Å²) in [5.74, 6) is 0.980. The molecule has 3 heterocycles. The standard InChI is InChI=1S/C34H36N4O3/c1-22-19-37(24(3)39)20-23(2)38(22)16-17-41-28-12-8-25(9-13-28)32-15-11-27-18-26(10-14-33(27)35-32)31-21-36(4)34(40)30-7-5-6-29(30)31/h5-6,8-15,18,21-23H,7,16-17,19-20H2,1-4H3/t22-,23+. The quantitative estimate of drug-likeness (QED) is 0.333. The Morgan fingerprint density at radius 1 is 1.00 bits per heavy atom. The van der Waals surface area contributed by atoms with Crippen molar-refractivity contribution in [3.05, 3.63) is 88.4 Å². The Labute approximate surface area is 240 Å². The summed E-state index contributed by atoms with van der Waals surface area (Å²) in [5.41, 5.74) is 6.99. The van der Waals surface area contributed by atoms with Crippen LogP contribution in [0.25, 0.3) is 39.4 Å².